The van der Waals surface area contributed by atoms with Gasteiger partial charge in [-0.2, -0.15) is 0 Å². The van der Waals surface area contributed by atoms with Gasteiger partial charge < -0.3 is 17.3 Å². The predicted molar refractivity (Wildman–Crippen MR) is 133 cm³/mol. The van der Waals surface area contributed by atoms with E-state index in [9.17, 15) is 22.1 Å². The molecule has 0 fully saturated rings. The zero-order valence-corrected chi connectivity index (χ0v) is 18.8. The van der Waals surface area contributed by atoms with Crippen LogP contribution < -0.4 is 15.9 Å². The average molecular weight is 470 g/mol. The normalized spacial score (nSPS) is 11.8. The number of rotatable bonds is 6. The summed E-state index contributed by atoms with van der Waals surface area (Å²) in [5.41, 5.74) is 0.780. The summed E-state index contributed by atoms with van der Waals surface area (Å²) in [4.78, 5) is 13.4. The molecule has 1 nitrogen and oxygen atoms in total. The van der Waals surface area contributed by atoms with E-state index in [4.69, 9.17) is 0 Å². The van der Waals surface area contributed by atoms with Crippen molar-refractivity contribution >= 4 is 36.2 Å². The Kier molecular flexibility index (Phi) is 8.18. The number of ketones is 1. The Labute approximate surface area is 193 Å². The number of Topliss-reactive ketones (excluding diaryl/α,β-unsaturated/α-hetero) is 1. The molecule has 4 aromatic carbocycles. The van der Waals surface area contributed by atoms with Gasteiger partial charge in [0.05, 0.1) is 0 Å². The molecule has 33 heavy (non-hydrogen) atoms. The van der Waals surface area contributed by atoms with Crippen molar-refractivity contribution in [3.63, 3.8) is 0 Å². The van der Waals surface area contributed by atoms with E-state index >= 15 is 0 Å². The first-order valence-electron chi connectivity index (χ1n) is 10.4. The van der Waals surface area contributed by atoms with E-state index in [1.807, 2.05) is 48.5 Å². The number of hydrogen-bond donors (Lipinski definition) is 0. The van der Waals surface area contributed by atoms with Gasteiger partial charge in [-0.3, -0.25) is 0 Å². The minimum absolute atomic E-state index is 0. The van der Waals surface area contributed by atoms with Crippen molar-refractivity contribution < 1.29 is 23.5 Å². The maximum Gasteiger partial charge on any atom is 1.00 e. The van der Waals surface area contributed by atoms with Gasteiger partial charge in [0.15, 0.2) is 0 Å². The van der Waals surface area contributed by atoms with Gasteiger partial charge in [-0.05, 0) is 0 Å². The molecule has 170 valence electrons. The number of carbonyl (C=O) groups is 1. The summed E-state index contributed by atoms with van der Waals surface area (Å²) in [5, 5.41) is 3.78. The summed E-state index contributed by atoms with van der Waals surface area (Å²) >= 11 is 0. The van der Waals surface area contributed by atoms with Gasteiger partial charge in [0.1, 0.15) is 0 Å². The van der Waals surface area contributed by atoms with Crippen LogP contribution in [0, 0.1) is 0 Å². The van der Waals surface area contributed by atoms with Crippen molar-refractivity contribution in [1.29, 1.82) is 0 Å². The van der Waals surface area contributed by atoms with Crippen LogP contribution in [-0.4, -0.2) is 19.2 Å². The zero-order valence-electron chi connectivity index (χ0n) is 18.8. The van der Waals surface area contributed by atoms with Crippen molar-refractivity contribution in [2.75, 3.05) is 6.16 Å². The molecular formula is C26H24BF4OP. The molecule has 0 aromatic heterocycles. The number of carbonyl (C=O) groups excluding carboxylic acids is 1. The third-order valence-electron chi connectivity index (χ3n) is 5.32. The fraction of sp³-hybridized carbons (Fsp3) is 0.0385. The Morgan fingerprint density at radius 2 is 0.848 bits per heavy atom. The molecule has 0 saturated heterocycles. The fourth-order valence-electron chi connectivity index (χ4n) is 3.94. The van der Waals surface area contributed by atoms with E-state index in [-0.39, 0.29) is 7.21 Å². The molecule has 0 N–H and O–H groups in total. The molecule has 0 aliphatic rings. The van der Waals surface area contributed by atoms with Crippen LogP contribution in [0.2, 0.25) is 0 Å². The second-order valence-electron chi connectivity index (χ2n) is 7.46. The first-order valence-corrected chi connectivity index (χ1v) is 12.6. The molecule has 0 aliphatic heterocycles. The molecule has 0 unspecified atom stereocenters. The van der Waals surface area contributed by atoms with Gasteiger partial charge in [0.2, 0.25) is 0 Å². The Morgan fingerprint density at radius 3 is 1.15 bits per heavy atom. The SMILES string of the molecule is F[B-](F)(F)F.O=C(C[PH](c1ccccc1)(c1ccccc1)c1ccccc1)c1ccccc1.[H+]. The second-order valence-corrected chi connectivity index (χ2v) is 11.4. The van der Waals surface area contributed by atoms with Crippen molar-refractivity contribution in [3.05, 3.63) is 127 Å². The summed E-state index contributed by atoms with van der Waals surface area (Å²) in [6.45, 7) is 0. The van der Waals surface area contributed by atoms with E-state index < -0.39 is 14.5 Å². The molecule has 0 atom stereocenters. The zero-order chi connectivity index (χ0) is 23.7. The molecule has 4 rings (SSSR count). The van der Waals surface area contributed by atoms with Gasteiger partial charge >= 0.3 is 175 Å². The van der Waals surface area contributed by atoms with Crippen molar-refractivity contribution in [3.8, 4) is 0 Å². The third-order valence-corrected chi connectivity index (χ3v) is 10.1. The topological polar surface area (TPSA) is 17.1 Å². The van der Waals surface area contributed by atoms with Crippen LogP contribution in [0.3, 0.4) is 0 Å². The first-order chi connectivity index (χ1) is 15.8. The van der Waals surface area contributed by atoms with Crippen LogP contribution in [0.1, 0.15) is 11.8 Å². The van der Waals surface area contributed by atoms with Gasteiger partial charge in [-0.1, -0.05) is 0 Å². The third kappa shape index (κ3) is 6.63. The molecule has 4 aromatic rings. The van der Waals surface area contributed by atoms with Crippen LogP contribution in [0.4, 0.5) is 17.3 Å². The van der Waals surface area contributed by atoms with Gasteiger partial charge in [0, 0.05) is 0 Å². The molecule has 0 aliphatic carbocycles. The van der Waals surface area contributed by atoms with Crippen molar-refractivity contribution in [2.24, 2.45) is 0 Å². The quantitative estimate of drug-likeness (QED) is 0.146. The van der Waals surface area contributed by atoms with Crippen LogP contribution in [0.25, 0.3) is 0 Å². The molecule has 0 saturated carbocycles. The molecule has 0 amide bonds. The second kappa shape index (κ2) is 11.1. The molecule has 0 bridgehead atoms. The molecule has 0 radical (unpaired) electrons. The molecule has 0 spiro atoms. The minimum Gasteiger partial charge on any atom is 1.00 e. The van der Waals surface area contributed by atoms with E-state index in [0.717, 1.165) is 5.56 Å². The predicted octanol–water partition coefficient (Wildman–Crippen LogP) is 6.01. The van der Waals surface area contributed by atoms with Crippen LogP contribution in [0.5, 0.6) is 0 Å². The van der Waals surface area contributed by atoms with E-state index in [1.165, 1.54) is 15.9 Å². The summed E-state index contributed by atoms with van der Waals surface area (Å²) in [6, 6.07) is 41.4. The average Bonchev–Trinajstić information content (AvgIpc) is 2.83. The number of halogens is 4. The maximum atomic E-state index is 13.4. The number of benzene rings is 4. The van der Waals surface area contributed by atoms with Crippen molar-refractivity contribution in [2.45, 2.75) is 0 Å². The Balaban J connectivity index is 0.000000619. The van der Waals surface area contributed by atoms with E-state index in [2.05, 4.69) is 72.8 Å². The number of hydrogen-bond acceptors (Lipinski definition) is 1. The monoisotopic (exact) mass is 470 g/mol. The maximum absolute atomic E-state index is 13.4. The van der Waals surface area contributed by atoms with Crippen LogP contribution in [-0.2, 0) is 0 Å². The first kappa shape index (κ1) is 24.4. The van der Waals surface area contributed by atoms with Crippen LogP contribution >= 0.6 is 7.26 Å². The molecular weight excluding hydrogens is 446 g/mol. The Hall–Kier alpha value is -3.24. The smallest absolute Gasteiger partial charge is 1.00 e. The largest absolute Gasteiger partial charge is 1.00 e. The van der Waals surface area contributed by atoms with Crippen LogP contribution in [0.15, 0.2) is 121 Å². The standard InChI is InChI=1S/C26H23OP.BF4/c27-26(22-13-5-1-6-14-22)21-28(23-15-7-2-8-16-23,24-17-9-3-10-18-24)25-19-11-4-12-20-25;2-1(3,4)5/h1-20,28H,21H2;/q;-1/p+1. The molecule has 7 heteroatoms. The summed E-state index contributed by atoms with van der Waals surface area (Å²) in [5.74, 6) is 0.198. The summed E-state index contributed by atoms with van der Waals surface area (Å²) in [7, 11) is -8.52. The van der Waals surface area contributed by atoms with E-state index in [1.54, 1.807) is 0 Å². The minimum atomic E-state index is -6.00. The Bertz CT molecular complexity index is 1040. The Morgan fingerprint density at radius 1 is 0.576 bits per heavy atom. The molecule has 0 heterocycles. The van der Waals surface area contributed by atoms with E-state index in [0.29, 0.717) is 6.16 Å². The van der Waals surface area contributed by atoms with Gasteiger partial charge in [-0.15, -0.1) is 0 Å². The summed E-state index contributed by atoms with van der Waals surface area (Å²) < 4.78 is 39.0. The fourth-order valence-corrected chi connectivity index (χ4v) is 8.52. The van der Waals surface area contributed by atoms with Gasteiger partial charge in [0.25, 0.3) is 0 Å². The van der Waals surface area contributed by atoms with Crippen molar-refractivity contribution in [1.82, 2.24) is 0 Å². The van der Waals surface area contributed by atoms with Gasteiger partial charge in [-0.25, -0.2) is 0 Å². The summed E-state index contributed by atoms with van der Waals surface area (Å²) in [6.07, 6.45) is 0.509.